The number of fused-ring (bicyclic) bond motifs is 1. The largest absolute Gasteiger partial charge is 0.489 e. The highest BCUT2D eigenvalue weighted by Crippen LogP contribution is 2.60. The number of nitriles is 1. The first-order chi connectivity index (χ1) is 13.7. The van der Waals surface area contributed by atoms with Crippen LogP contribution in [-0.2, 0) is 6.54 Å². The van der Waals surface area contributed by atoms with Crippen molar-refractivity contribution in [2.75, 3.05) is 6.54 Å². The Morgan fingerprint density at radius 1 is 1.28 bits per heavy atom. The fraction of sp³-hybridized carbons (Fsp3) is 0.435. The fourth-order valence-corrected chi connectivity index (χ4v) is 5.52. The van der Waals surface area contributed by atoms with E-state index < -0.39 is 0 Å². The van der Waals surface area contributed by atoms with Crippen molar-refractivity contribution in [3.63, 3.8) is 0 Å². The van der Waals surface area contributed by atoms with E-state index in [0.29, 0.717) is 35.0 Å². The second-order valence-corrected chi connectivity index (χ2v) is 9.54. The van der Waals surface area contributed by atoms with Crippen LogP contribution in [0.25, 0.3) is 0 Å². The summed E-state index contributed by atoms with van der Waals surface area (Å²) in [7, 11) is 0. The molecule has 1 aromatic carbocycles. The Hall–Kier alpha value is -2.58. The van der Waals surface area contributed by atoms with Crippen molar-refractivity contribution < 1.29 is 9.53 Å². The molecule has 0 spiro atoms. The predicted molar refractivity (Wildman–Crippen MR) is 111 cm³/mol. The molecule has 0 atom stereocenters. The van der Waals surface area contributed by atoms with E-state index in [1.165, 1.54) is 0 Å². The number of benzene rings is 1. The van der Waals surface area contributed by atoms with Gasteiger partial charge in [-0.15, -0.1) is 0 Å². The van der Waals surface area contributed by atoms with Gasteiger partial charge in [-0.05, 0) is 30.2 Å². The normalized spacial score (nSPS) is 23.9. The third-order valence-corrected chi connectivity index (χ3v) is 6.93. The van der Waals surface area contributed by atoms with Gasteiger partial charge in [-0.25, -0.2) is 0 Å². The fourth-order valence-electron chi connectivity index (χ4n) is 5.31. The van der Waals surface area contributed by atoms with E-state index in [1.807, 2.05) is 17.0 Å². The summed E-state index contributed by atoms with van der Waals surface area (Å²) in [5, 5.41) is 9.45. The zero-order valence-corrected chi connectivity index (χ0v) is 17.8. The van der Waals surface area contributed by atoms with E-state index in [4.69, 9.17) is 21.6 Å². The Bertz CT molecular complexity index is 1010. The van der Waals surface area contributed by atoms with Gasteiger partial charge < -0.3 is 9.64 Å². The minimum absolute atomic E-state index is 0.0396. The molecule has 2 aromatic rings. The Morgan fingerprint density at radius 3 is 2.62 bits per heavy atom. The van der Waals surface area contributed by atoms with Crippen molar-refractivity contribution in [3.05, 3.63) is 58.4 Å². The van der Waals surface area contributed by atoms with E-state index in [0.717, 1.165) is 5.69 Å². The Balaban J connectivity index is 1.51. The van der Waals surface area contributed by atoms with E-state index >= 15 is 0 Å². The molecule has 6 heteroatoms. The molecule has 1 fully saturated rings. The highest BCUT2D eigenvalue weighted by molar-refractivity contribution is 6.31. The van der Waals surface area contributed by atoms with Gasteiger partial charge in [-0.2, -0.15) is 5.26 Å². The van der Waals surface area contributed by atoms with Gasteiger partial charge in [-0.3, -0.25) is 9.78 Å². The molecule has 1 aliphatic heterocycles. The zero-order valence-electron chi connectivity index (χ0n) is 17.1. The zero-order chi connectivity index (χ0) is 21.0. The first-order valence-electron chi connectivity index (χ1n) is 9.75. The van der Waals surface area contributed by atoms with Crippen molar-refractivity contribution in [2.45, 2.75) is 40.3 Å². The van der Waals surface area contributed by atoms with Crippen LogP contribution in [0, 0.1) is 28.1 Å². The minimum Gasteiger partial charge on any atom is -0.489 e. The van der Waals surface area contributed by atoms with E-state index in [9.17, 15) is 4.79 Å². The van der Waals surface area contributed by atoms with Crippen LogP contribution >= 0.6 is 11.6 Å². The van der Waals surface area contributed by atoms with Crippen LogP contribution in [0.1, 0.15) is 49.3 Å². The Kier molecular flexibility index (Phi) is 4.59. The number of pyridine rings is 1. The number of carbonyl (C=O) groups is 1. The number of rotatable bonds is 4. The van der Waals surface area contributed by atoms with Gasteiger partial charge in [0.15, 0.2) is 0 Å². The lowest BCUT2D eigenvalue weighted by Gasteiger charge is -2.64. The highest BCUT2D eigenvalue weighted by Gasteiger charge is 2.63. The van der Waals surface area contributed by atoms with Crippen LogP contribution in [0.15, 0.2) is 36.5 Å². The molecule has 0 N–H and O–H groups in total. The first kappa shape index (κ1) is 19.7. The maximum absolute atomic E-state index is 12.8. The van der Waals surface area contributed by atoms with Gasteiger partial charge in [0.25, 0.3) is 5.91 Å². The summed E-state index contributed by atoms with van der Waals surface area (Å²) in [6, 6.07) is 10.9. The smallest absolute Gasteiger partial charge is 0.256 e. The summed E-state index contributed by atoms with van der Waals surface area (Å²) in [5.74, 6) is 0.988. The van der Waals surface area contributed by atoms with Crippen LogP contribution in [0.5, 0.6) is 5.75 Å². The summed E-state index contributed by atoms with van der Waals surface area (Å²) >= 11 is 6.17. The van der Waals surface area contributed by atoms with Gasteiger partial charge in [0.2, 0.25) is 0 Å². The summed E-state index contributed by atoms with van der Waals surface area (Å²) < 4.78 is 6.33. The Morgan fingerprint density at radius 2 is 2.00 bits per heavy atom. The molecule has 5 nitrogen and oxygen atoms in total. The molecule has 1 amide bonds. The van der Waals surface area contributed by atoms with Crippen molar-refractivity contribution in [1.29, 1.82) is 5.26 Å². The number of amides is 1. The maximum atomic E-state index is 12.8. The number of carbonyl (C=O) groups excluding carboxylic acids is 1. The monoisotopic (exact) mass is 409 g/mol. The summed E-state index contributed by atoms with van der Waals surface area (Å²) in [4.78, 5) is 19.0. The van der Waals surface area contributed by atoms with Crippen LogP contribution < -0.4 is 4.74 Å². The lowest BCUT2D eigenvalue weighted by atomic mass is 9.45. The van der Waals surface area contributed by atoms with Crippen LogP contribution in [0.4, 0.5) is 0 Å². The van der Waals surface area contributed by atoms with E-state index in [1.54, 1.807) is 24.4 Å². The van der Waals surface area contributed by atoms with Gasteiger partial charge >= 0.3 is 0 Å². The molecule has 29 heavy (non-hydrogen) atoms. The van der Waals surface area contributed by atoms with Crippen LogP contribution in [0.2, 0.25) is 5.02 Å². The molecule has 1 saturated carbocycles. The van der Waals surface area contributed by atoms with Gasteiger partial charge in [0.05, 0.1) is 28.4 Å². The Labute approximate surface area is 176 Å². The molecular formula is C23H24ClN3O2. The highest BCUT2D eigenvalue weighted by atomic mass is 35.5. The first-order valence-corrected chi connectivity index (χ1v) is 10.1. The topological polar surface area (TPSA) is 66.2 Å². The third-order valence-electron chi connectivity index (χ3n) is 6.61. The van der Waals surface area contributed by atoms with Crippen molar-refractivity contribution >= 4 is 17.5 Å². The molecule has 0 unspecified atom stereocenters. The number of ether oxygens (including phenoxy) is 1. The SMILES string of the molecule is CC1(C)[C@H](CN2Cc3ncccc3C2=O)C(C)(C)[C@H]1Oc1ccc(C#N)c(Cl)c1. The predicted octanol–water partition coefficient (Wildman–Crippen LogP) is 4.69. The van der Waals surface area contributed by atoms with E-state index in [-0.39, 0.29) is 28.8 Å². The lowest BCUT2D eigenvalue weighted by molar-refractivity contribution is -0.202. The summed E-state index contributed by atoms with van der Waals surface area (Å²) in [5.41, 5.74) is 1.73. The summed E-state index contributed by atoms with van der Waals surface area (Å²) in [6.45, 7) is 9.97. The van der Waals surface area contributed by atoms with Crippen LogP contribution in [-0.4, -0.2) is 28.4 Å². The average Bonchev–Trinajstić information content (AvgIpc) is 3.00. The number of hydrogen-bond acceptors (Lipinski definition) is 4. The average molecular weight is 410 g/mol. The molecule has 0 saturated heterocycles. The summed E-state index contributed by atoms with van der Waals surface area (Å²) in [6.07, 6.45) is 1.70. The van der Waals surface area contributed by atoms with E-state index in [2.05, 4.69) is 38.7 Å². The molecule has 2 heterocycles. The molecule has 0 radical (unpaired) electrons. The van der Waals surface area contributed by atoms with Gasteiger partial charge in [0.1, 0.15) is 17.9 Å². The van der Waals surface area contributed by atoms with Gasteiger partial charge in [-0.1, -0.05) is 39.3 Å². The molecule has 150 valence electrons. The minimum atomic E-state index is -0.133. The molecule has 2 aliphatic rings. The van der Waals surface area contributed by atoms with Gasteiger partial charge in [0, 0.05) is 29.6 Å². The number of halogens is 1. The van der Waals surface area contributed by atoms with Crippen LogP contribution in [0.3, 0.4) is 0 Å². The maximum Gasteiger partial charge on any atom is 0.256 e. The second kappa shape index (κ2) is 6.74. The number of nitrogens with zero attached hydrogens (tertiary/aromatic N) is 3. The standard InChI is InChI=1S/C23H24ClN3O2/c1-22(2)19(13-27-12-18-16(20(27)28)6-5-9-26-18)23(3,4)21(22)29-15-8-7-14(11-25)17(24)10-15/h5-10,19,21H,12-13H2,1-4H3/t19-,21-. The number of aromatic nitrogens is 1. The van der Waals surface area contributed by atoms with Crippen molar-refractivity contribution in [3.8, 4) is 11.8 Å². The molecule has 1 aliphatic carbocycles. The van der Waals surface area contributed by atoms with Crippen molar-refractivity contribution in [1.82, 2.24) is 9.88 Å². The lowest BCUT2D eigenvalue weighted by Crippen LogP contribution is -2.68. The number of hydrogen-bond donors (Lipinski definition) is 0. The molecular weight excluding hydrogens is 386 g/mol. The quantitative estimate of drug-likeness (QED) is 0.734. The van der Waals surface area contributed by atoms with Crippen molar-refractivity contribution in [2.24, 2.45) is 16.7 Å². The second-order valence-electron chi connectivity index (χ2n) is 9.13. The molecule has 0 bridgehead atoms. The molecule has 1 aromatic heterocycles. The third kappa shape index (κ3) is 3.07. The molecule has 4 rings (SSSR count).